The molecule has 0 atom stereocenters. The Bertz CT molecular complexity index is 406. The van der Waals surface area contributed by atoms with Crippen molar-refractivity contribution in [3.63, 3.8) is 0 Å². The highest BCUT2D eigenvalue weighted by atomic mass is 16.3. The number of nitrogens with two attached hydrogens (primary N) is 1. The zero-order chi connectivity index (χ0) is 13.7. The summed E-state index contributed by atoms with van der Waals surface area (Å²) < 4.78 is 0. The van der Waals surface area contributed by atoms with Crippen LogP contribution in [0.1, 0.15) is 38.2 Å². The number of aliphatic hydroxyl groups excluding tert-OH is 1. The van der Waals surface area contributed by atoms with Crippen molar-refractivity contribution in [2.24, 2.45) is 5.84 Å². The van der Waals surface area contributed by atoms with E-state index >= 15 is 0 Å². The summed E-state index contributed by atoms with van der Waals surface area (Å²) in [5.41, 5.74) is 3.65. The van der Waals surface area contributed by atoms with E-state index in [1.165, 1.54) is 32.0 Å². The number of hydrogen-bond donors (Lipinski definition) is 3. The van der Waals surface area contributed by atoms with Crippen molar-refractivity contribution in [2.45, 2.75) is 45.1 Å². The van der Waals surface area contributed by atoms with Crippen molar-refractivity contribution in [3.05, 3.63) is 11.9 Å². The van der Waals surface area contributed by atoms with Crippen LogP contribution in [-0.2, 0) is 6.42 Å². The molecule has 1 aromatic rings. The number of aromatic nitrogens is 2. The van der Waals surface area contributed by atoms with Crippen LogP contribution < -0.4 is 16.2 Å². The molecule has 106 valence electrons. The minimum absolute atomic E-state index is 0.134. The topological polar surface area (TPSA) is 87.3 Å². The second-order valence-corrected chi connectivity index (χ2v) is 4.88. The van der Waals surface area contributed by atoms with Crippen LogP contribution in [-0.4, -0.2) is 34.3 Å². The maximum Gasteiger partial charge on any atom is 0.148 e. The van der Waals surface area contributed by atoms with E-state index in [1.54, 1.807) is 0 Å². The molecule has 0 unspecified atom stereocenters. The SMILES string of the molecule is CCc1c(NN)ncnc1N(CCO)C1CCCC1. The van der Waals surface area contributed by atoms with Crippen LogP contribution in [0.15, 0.2) is 6.33 Å². The molecule has 0 amide bonds. The Morgan fingerprint density at radius 2 is 2.16 bits per heavy atom. The smallest absolute Gasteiger partial charge is 0.148 e. The number of rotatable bonds is 6. The average Bonchev–Trinajstić information content (AvgIpc) is 2.97. The van der Waals surface area contributed by atoms with Crippen LogP contribution in [0.3, 0.4) is 0 Å². The van der Waals surface area contributed by atoms with Crippen molar-refractivity contribution in [2.75, 3.05) is 23.5 Å². The summed E-state index contributed by atoms with van der Waals surface area (Å²) in [6.07, 6.45) is 7.17. The monoisotopic (exact) mass is 265 g/mol. The molecule has 0 saturated heterocycles. The summed E-state index contributed by atoms with van der Waals surface area (Å²) >= 11 is 0. The van der Waals surface area contributed by atoms with Gasteiger partial charge in [0.2, 0.25) is 0 Å². The average molecular weight is 265 g/mol. The Kier molecular flexibility index (Phi) is 4.93. The van der Waals surface area contributed by atoms with Crippen molar-refractivity contribution in [1.29, 1.82) is 0 Å². The summed E-state index contributed by atoms with van der Waals surface area (Å²) in [6, 6.07) is 0.470. The molecule has 6 nitrogen and oxygen atoms in total. The fourth-order valence-corrected chi connectivity index (χ4v) is 2.89. The highest BCUT2D eigenvalue weighted by Crippen LogP contribution is 2.30. The molecule has 1 saturated carbocycles. The lowest BCUT2D eigenvalue weighted by molar-refractivity contribution is 0.296. The Labute approximate surface area is 114 Å². The van der Waals surface area contributed by atoms with E-state index in [1.807, 2.05) is 0 Å². The summed E-state index contributed by atoms with van der Waals surface area (Å²) in [6.45, 7) is 2.81. The van der Waals surface area contributed by atoms with Crippen molar-refractivity contribution >= 4 is 11.6 Å². The van der Waals surface area contributed by atoms with Gasteiger partial charge in [-0.25, -0.2) is 15.8 Å². The number of hydrazine groups is 1. The third-order valence-electron chi connectivity index (χ3n) is 3.79. The van der Waals surface area contributed by atoms with Crippen LogP contribution in [0.2, 0.25) is 0 Å². The largest absolute Gasteiger partial charge is 0.395 e. The molecule has 0 spiro atoms. The molecule has 4 N–H and O–H groups in total. The van der Waals surface area contributed by atoms with Gasteiger partial charge in [0.1, 0.15) is 18.0 Å². The normalized spacial score (nSPS) is 15.7. The highest BCUT2D eigenvalue weighted by molar-refractivity contribution is 5.58. The van der Waals surface area contributed by atoms with Gasteiger partial charge in [0.25, 0.3) is 0 Å². The lowest BCUT2D eigenvalue weighted by Crippen LogP contribution is -2.37. The fourth-order valence-electron chi connectivity index (χ4n) is 2.89. The van der Waals surface area contributed by atoms with Gasteiger partial charge in [-0.1, -0.05) is 19.8 Å². The van der Waals surface area contributed by atoms with Gasteiger partial charge in [-0.2, -0.15) is 0 Å². The number of hydrogen-bond acceptors (Lipinski definition) is 6. The molecular weight excluding hydrogens is 242 g/mol. The summed E-state index contributed by atoms with van der Waals surface area (Å²) in [7, 11) is 0. The molecule has 1 aliphatic rings. The van der Waals surface area contributed by atoms with E-state index < -0.39 is 0 Å². The zero-order valence-corrected chi connectivity index (χ0v) is 11.5. The maximum absolute atomic E-state index is 9.32. The van der Waals surface area contributed by atoms with Crippen LogP contribution in [0, 0.1) is 0 Å². The van der Waals surface area contributed by atoms with Crippen molar-refractivity contribution in [1.82, 2.24) is 9.97 Å². The predicted molar refractivity (Wildman–Crippen MR) is 75.9 cm³/mol. The van der Waals surface area contributed by atoms with Gasteiger partial charge in [-0.15, -0.1) is 0 Å². The van der Waals surface area contributed by atoms with Gasteiger partial charge in [0, 0.05) is 18.2 Å². The molecule has 1 aliphatic carbocycles. The predicted octanol–water partition coefficient (Wildman–Crippen LogP) is 1.07. The first-order valence-electron chi connectivity index (χ1n) is 6.99. The molecular formula is C13H23N5O. The molecule has 19 heavy (non-hydrogen) atoms. The minimum atomic E-state index is 0.134. The Hall–Kier alpha value is -1.40. The van der Waals surface area contributed by atoms with Crippen LogP contribution in [0.25, 0.3) is 0 Å². The van der Waals surface area contributed by atoms with Crippen molar-refractivity contribution < 1.29 is 5.11 Å². The molecule has 0 bridgehead atoms. The number of nitrogens with one attached hydrogen (secondary N) is 1. The number of nitrogen functional groups attached to an aromatic ring is 1. The lowest BCUT2D eigenvalue weighted by Gasteiger charge is -2.31. The summed E-state index contributed by atoms with van der Waals surface area (Å²) in [5.74, 6) is 7.10. The van der Waals surface area contributed by atoms with E-state index in [0.717, 1.165) is 17.8 Å². The van der Waals surface area contributed by atoms with E-state index in [2.05, 4.69) is 27.2 Å². The third-order valence-corrected chi connectivity index (χ3v) is 3.79. The van der Waals surface area contributed by atoms with E-state index in [-0.39, 0.29) is 6.61 Å². The zero-order valence-electron chi connectivity index (χ0n) is 11.5. The summed E-state index contributed by atoms with van der Waals surface area (Å²) in [4.78, 5) is 10.8. The first kappa shape index (κ1) is 14.0. The standard InChI is InChI=1S/C13H23N5O/c1-2-11-12(17-14)15-9-16-13(11)18(7-8-19)10-5-3-4-6-10/h9-10,19H,2-8,14H2,1H3,(H,15,16,17). The molecule has 0 aliphatic heterocycles. The molecule has 2 rings (SSSR count). The number of nitrogens with zero attached hydrogens (tertiary/aromatic N) is 3. The quantitative estimate of drug-likeness (QED) is 0.527. The molecule has 1 heterocycles. The van der Waals surface area contributed by atoms with E-state index in [4.69, 9.17) is 5.84 Å². The van der Waals surface area contributed by atoms with Crippen LogP contribution in [0.5, 0.6) is 0 Å². The molecule has 6 heteroatoms. The second kappa shape index (κ2) is 6.68. The third kappa shape index (κ3) is 2.96. The molecule has 0 radical (unpaired) electrons. The second-order valence-electron chi connectivity index (χ2n) is 4.88. The highest BCUT2D eigenvalue weighted by Gasteiger charge is 2.25. The summed E-state index contributed by atoms with van der Waals surface area (Å²) in [5, 5.41) is 9.32. The van der Waals surface area contributed by atoms with Crippen molar-refractivity contribution in [3.8, 4) is 0 Å². The van der Waals surface area contributed by atoms with Gasteiger partial charge in [0.15, 0.2) is 0 Å². The van der Waals surface area contributed by atoms with Gasteiger partial charge in [-0.05, 0) is 19.3 Å². The van der Waals surface area contributed by atoms with Gasteiger partial charge >= 0.3 is 0 Å². The first-order valence-corrected chi connectivity index (χ1v) is 6.99. The van der Waals surface area contributed by atoms with Crippen LogP contribution >= 0.6 is 0 Å². The van der Waals surface area contributed by atoms with E-state index in [9.17, 15) is 5.11 Å². The first-order chi connectivity index (χ1) is 9.31. The molecule has 1 fully saturated rings. The Balaban J connectivity index is 2.34. The molecule has 1 aromatic heterocycles. The molecule has 0 aromatic carbocycles. The van der Waals surface area contributed by atoms with E-state index in [0.29, 0.717) is 18.4 Å². The maximum atomic E-state index is 9.32. The van der Waals surface area contributed by atoms with Gasteiger partial charge in [0.05, 0.1) is 6.61 Å². The number of aliphatic hydroxyl groups is 1. The Morgan fingerprint density at radius 3 is 2.74 bits per heavy atom. The minimum Gasteiger partial charge on any atom is -0.395 e. The fraction of sp³-hybridized carbons (Fsp3) is 0.692. The Morgan fingerprint density at radius 1 is 1.42 bits per heavy atom. The van der Waals surface area contributed by atoms with Gasteiger partial charge in [-0.3, -0.25) is 0 Å². The number of anilines is 2. The van der Waals surface area contributed by atoms with Crippen LogP contribution in [0.4, 0.5) is 11.6 Å². The lowest BCUT2D eigenvalue weighted by atomic mass is 10.1. The van der Waals surface area contributed by atoms with Gasteiger partial charge < -0.3 is 15.4 Å².